The Labute approximate surface area is 116 Å². The maximum absolute atomic E-state index is 10.7. The van der Waals surface area contributed by atoms with E-state index in [-0.39, 0.29) is 0 Å². The van der Waals surface area contributed by atoms with Gasteiger partial charge in [-0.15, -0.1) is 11.3 Å². The van der Waals surface area contributed by atoms with Gasteiger partial charge in [-0.25, -0.2) is 4.98 Å². The number of aldehydes is 1. The number of hydrogen-bond acceptors (Lipinski definition) is 5. The summed E-state index contributed by atoms with van der Waals surface area (Å²) in [5.74, 6) is 1.42. The molecule has 0 unspecified atom stereocenters. The van der Waals surface area contributed by atoms with Crippen molar-refractivity contribution >= 4 is 17.6 Å². The molecule has 2 aromatic rings. The number of benzene rings is 1. The third-order valence-corrected chi connectivity index (χ3v) is 3.34. The summed E-state index contributed by atoms with van der Waals surface area (Å²) in [6, 6.07) is 5.68. The fourth-order valence-electron chi connectivity index (χ4n) is 1.66. The molecular weight excluding hydrogens is 262 g/mol. The fraction of sp³-hybridized carbons (Fsp3) is 0.286. The van der Waals surface area contributed by atoms with Gasteiger partial charge in [-0.1, -0.05) is 0 Å². The summed E-state index contributed by atoms with van der Waals surface area (Å²) in [5, 5.41) is 2.53. The summed E-state index contributed by atoms with van der Waals surface area (Å²) in [4.78, 5) is 14.9. The van der Waals surface area contributed by atoms with Crippen molar-refractivity contribution in [2.45, 2.75) is 13.8 Å². The Bertz CT molecular complexity index is 566. The maximum atomic E-state index is 10.7. The second-order valence-electron chi connectivity index (χ2n) is 3.72. The average Bonchev–Trinajstić information content (AvgIpc) is 2.90. The lowest BCUT2D eigenvalue weighted by atomic mass is 10.2. The van der Waals surface area contributed by atoms with E-state index >= 15 is 0 Å². The van der Waals surface area contributed by atoms with Crippen molar-refractivity contribution in [1.29, 1.82) is 0 Å². The van der Waals surface area contributed by atoms with Gasteiger partial charge in [-0.3, -0.25) is 4.79 Å². The van der Waals surface area contributed by atoms with Crippen LogP contribution in [0.3, 0.4) is 0 Å². The third kappa shape index (κ3) is 3.12. The molecule has 19 heavy (non-hydrogen) atoms. The minimum atomic E-state index is 0.451. The van der Waals surface area contributed by atoms with Crippen LogP contribution in [0.25, 0.3) is 10.6 Å². The quantitative estimate of drug-likeness (QED) is 0.759. The van der Waals surface area contributed by atoms with E-state index < -0.39 is 0 Å². The largest absolute Gasteiger partial charge is 0.490 e. The second kappa shape index (κ2) is 6.33. The molecule has 2 rings (SSSR count). The lowest BCUT2D eigenvalue weighted by molar-refractivity contribution is 0.111. The smallest absolute Gasteiger partial charge is 0.169 e. The highest BCUT2D eigenvalue weighted by Gasteiger charge is 2.10. The molecule has 0 radical (unpaired) electrons. The van der Waals surface area contributed by atoms with E-state index in [0.29, 0.717) is 24.7 Å². The SMILES string of the molecule is CCOc1ccc(-c2nc(C=O)cs2)cc1OCC. The van der Waals surface area contributed by atoms with Crippen molar-refractivity contribution in [2.24, 2.45) is 0 Å². The van der Waals surface area contributed by atoms with Gasteiger partial charge in [0.2, 0.25) is 0 Å². The molecular formula is C14H15NO3S. The summed E-state index contributed by atoms with van der Waals surface area (Å²) in [6.07, 6.45) is 0.748. The summed E-state index contributed by atoms with van der Waals surface area (Å²) in [5.41, 5.74) is 1.37. The molecule has 0 aliphatic carbocycles. The topological polar surface area (TPSA) is 48.4 Å². The Balaban J connectivity index is 2.36. The zero-order chi connectivity index (χ0) is 13.7. The van der Waals surface area contributed by atoms with E-state index in [1.807, 2.05) is 32.0 Å². The number of nitrogens with zero attached hydrogens (tertiary/aromatic N) is 1. The number of carbonyl (C=O) groups is 1. The molecule has 0 saturated heterocycles. The number of aromatic nitrogens is 1. The van der Waals surface area contributed by atoms with Crippen molar-refractivity contribution in [2.75, 3.05) is 13.2 Å². The number of carbonyl (C=O) groups excluding carboxylic acids is 1. The van der Waals surface area contributed by atoms with E-state index in [1.54, 1.807) is 5.38 Å². The van der Waals surface area contributed by atoms with Crippen LogP contribution in [0.2, 0.25) is 0 Å². The van der Waals surface area contributed by atoms with Crippen LogP contribution in [0, 0.1) is 0 Å². The molecule has 0 aliphatic rings. The fourth-order valence-corrected chi connectivity index (χ4v) is 2.42. The molecule has 4 nitrogen and oxygen atoms in total. The molecule has 0 aliphatic heterocycles. The van der Waals surface area contributed by atoms with Gasteiger partial charge in [0.05, 0.1) is 13.2 Å². The summed E-state index contributed by atoms with van der Waals surface area (Å²) >= 11 is 1.43. The van der Waals surface area contributed by atoms with E-state index in [0.717, 1.165) is 22.6 Å². The number of rotatable bonds is 6. The standard InChI is InChI=1S/C14H15NO3S/c1-3-17-12-6-5-10(7-13(12)18-4-2)14-15-11(8-16)9-19-14/h5-9H,3-4H2,1-2H3. The van der Waals surface area contributed by atoms with E-state index in [4.69, 9.17) is 9.47 Å². The van der Waals surface area contributed by atoms with Gasteiger partial charge in [0, 0.05) is 10.9 Å². The first-order valence-corrected chi connectivity index (χ1v) is 6.97. The summed E-state index contributed by atoms with van der Waals surface area (Å²) in [6.45, 7) is 5.02. The van der Waals surface area contributed by atoms with Gasteiger partial charge < -0.3 is 9.47 Å². The van der Waals surface area contributed by atoms with Gasteiger partial charge in [0.15, 0.2) is 17.8 Å². The molecule has 5 heteroatoms. The van der Waals surface area contributed by atoms with Crippen LogP contribution in [0.5, 0.6) is 11.5 Å². The van der Waals surface area contributed by atoms with Crippen LogP contribution < -0.4 is 9.47 Å². The highest BCUT2D eigenvalue weighted by molar-refractivity contribution is 7.13. The number of ether oxygens (including phenoxy) is 2. The molecule has 0 atom stereocenters. The van der Waals surface area contributed by atoms with E-state index in [2.05, 4.69) is 4.98 Å². The first-order chi connectivity index (χ1) is 9.28. The molecule has 100 valence electrons. The minimum absolute atomic E-state index is 0.451. The molecule has 0 N–H and O–H groups in total. The monoisotopic (exact) mass is 277 g/mol. The Morgan fingerprint density at radius 2 is 1.95 bits per heavy atom. The van der Waals surface area contributed by atoms with Gasteiger partial charge >= 0.3 is 0 Å². The van der Waals surface area contributed by atoms with Crippen molar-refractivity contribution < 1.29 is 14.3 Å². The van der Waals surface area contributed by atoms with Gasteiger partial charge in [-0.2, -0.15) is 0 Å². The predicted octanol–water partition coefficient (Wildman–Crippen LogP) is 3.42. The van der Waals surface area contributed by atoms with Gasteiger partial charge in [0.1, 0.15) is 10.7 Å². The Morgan fingerprint density at radius 3 is 2.58 bits per heavy atom. The molecule has 1 aromatic heterocycles. The van der Waals surface area contributed by atoms with E-state index in [1.165, 1.54) is 11.3 Å². The summed E-state index contributed by atoms with van der Waals surface area (Å²) in [7, 11) is 0. The van der Waals surface area contributed by atoms with Crippen LogP contribution in [0.15, 0.2) is 23.6 Å². The molecule has 1 aromatic carbocycles. The molecule has 0 amide bonds. The van der Waals surface area contributed by atoms with Crippen LogP contribution in [-0.2, 0) is 0 Å². The highest BCUT2D eigenvalue weighted by atomic mass is 32.1. The molecule has 1 heterocycles. The average molecular weight is 277 g/mol. The van der Waals surface area contributed by atoms with Crippen LogP contribution in [-0.4, -0.2) is 24.5 Å². The normalized spacial score (nSPS) is 10.2. The number of hydrogen-bond donors (Lipinski definition) is 0. The highest BCUT2D eigenvalue weighted by Crippen LogP contribution is 2.33. The van der Waals surface area contributed by atoms with Crippen molar-refractivity contribution in [3.63, 3.8) is 0 Å². The first-order valence-electron chi connectivity index (χ1n) is 6.09. The van der Waals surface area contributed by atoms with Crippen molar-refractivity contribution in [3.8, 4) is 22.1 Å². The number of thiazole rings is 1. The molecule has 0 spiro atoms. The third-order valence-electron chi connectivity index (χ3n) is 2.43. The van der Waals surface area contributed by atoms with Crippen LogP contribution in [0.4, 0.5) is 0 Å². The van der Waals surface area contributed by atoms with Crippen LogP contribution in [0.1, 0.15) is 24.3 Å². The Kier molecular flexibility index (Phi) is 4.52. The maximum Gasteiger partial charge on any atom is 0.169 e. The molecule has 0 bridgehead atoms. The Hall–Kier alpha value is -1.88. The first kappa shape index (κ1) is 13.5. The zero-order valence-corrected chi connectivity index (χ0v) is 11.7. The van der Waals surface area contributed by atoms with Crippen molar-refractivity contribution in [1.82, 2.24) is 4.98 Å². The molecule has 0 fully saturated rings. The zero-order valence-electron chi connectivity index (χ0n) is 10.9. The second-order valence-corrected chi connectivity index (χ2v) is 4.58. The van der Waals surface area contributed by atoms with E-state index in [9.17, 15) is 4.79 Å². The van der Waals surface area contributed by atoms with Crippen molar-refractivity contribution in [3.05, 3.63) is 29.3 Å². The lowest BCUT2D eigenvalue weighted by Crippen LogP contribution is -1.98. The predicted molar refractivity (Wildman–Crippen MR) is 75.3 cm³/mol. The Morgan fingerprint density at radius 1 is 1.21 bits per heavy atom. The summed E-state index contributed by atoms with van der Waals surface area (Å²) < 4.78 is 11.1. The van der Waals surface area contributed by atoms with Gasteiger partial charge in [-0.05, 0) is 32.0 Å². The van der Waals surface area contributed by atoms with Crippen LogP contribution >= 0.6 is 11.3 Å². The molecule has 0 saturated carbocycles. The van der Waals surface area contributed by atoms with Gasteiger partial charge in [0.25, 0.3) is 0 Å². The lowest BCUT2D eigenvalue weighted by Gasteiger charge is -2.11. The minimum Gasteiger partial charge on any atom is -0.490 e.